The molecule has 0 bridgehead atoms. The summed E-state index contributed by atoms with van der Waals surface area (Å²) >= 11 is 0. The maximum atomic E-state index is 11.9. The van der Waals surface area contributed by atoms with Gasteiger partial charge in [-0.2, -0.15) is 0 Å². The molecule has 0 spiro atoms. The largest absolute Gasteiger partial charge is 0.331 e. The second-order valence-corrected chi connectivity index (χ2v) is 6.07. The Morgan fingerprint density at radius 1 is 1.32 bits per heavy atom. The first-order chi connectivity index (χ1) is 8.87. The summed E-state index contributed by atoms with van der Waals surface area (Å²) in [6.45, 7) is 3.25. The molecule has 7 heteroatoms. The molecule has 2 rings (SSSR count). The Kier molecular flexibility index (Phi) is 3.41. The number of rotatable bonds is 1. The summed E-state index contributed by atoms with van der Waals surface area (Å²) in [5.74, 6) is 0.313. The highest BCUT2D eigenvalue weighted by molar-refractivity contribution is 5.83. The molecule has 1 aliphatic carbocycles. The van der Waals surface area contributed by atoms with Gasteiger partial charge < -0.3 is 9.80 Å². The van der Waals surface area contributed by atoms with Gasteiger partial charge in [-0.15, -0.1) is 0 Å². The molecule has 0 aromatic rings. The Hall–Kier alpha value is -1.75. The molecule has 2 fully saturated rings. The third-order valence-electron chi connectivity index (χ3n) is 4.31. The molecule has 0 aromatic carbocycles. The molecular weight excluding hydrogens is 246 g/mol. The fourth-order valence-corrected chi connectivity index (χ4v) is 3.42. The van der Waals surface area contributed by atoms with E-state index >= 15 is 0 Å². The minimum atomic E-state index is -0.547. The van der Waals surface area contributed by atoms with Crippen LogP contribution in [0.3, 0.4) is 0 Å². The van der Waals surface area contributed by atoms with E-state index in [1.165, 1.54) is 0 Å². The van der Waals surface area contributed by atoms with Gasteiger partial charge in [0.1, 0.15) is 0 Å². The fourth-order valence-electron chi connectivity index (χ4n) is 3.42. The van der Waals surface area contributed by atoms with Crippen LogP contribution >= 0.6 is 0 Å². The average Bonchev–Trinajstić information content (AvgIpc) is 2.83. The molecule has 1 saturated heterocycles. The van der Waals surface area contributed by atoms with Crippen molar-refractivity contribution in [3.05, 3.63) is 10.4 Å². The van der Waals surface area contributed by atoms with Gasteiger partial charge in [0.25, 0.3) is 0 Å². The quantitative estimate of drug-likeness (QED) is 0.411. The molecule has 104 valence electrons. The van der Waals surface area contributed by atoms with E-state index in [1.807, 2.05) is 11.8 Å². The third kappa shape index (κ3) is 2.38. The van der Waals surface area contributed by atoms with Gasteiger partial charge in [-0.1, -0.05) is 6.92 Å². The SMILES string of the molecule is CN(C)C(=O)N1CC2CC(C)(C(=O)N=[N+]=[N-])CC2C1. The van der Waals surface area contributed by atoms with E-state index in [0.29, 0.717) is 37.8 Å². The van der Waals surface area contributed by atoms with E-state index in [0.717, 1.165) is 0 Å². The van der Waals surface area contributed by atoms with Gasteiger partial charge in [-0.25, -0.2) is 4.79 Å². The molecule has 3 amide bonds. The van der Waals surface area contributed by atoms with Crippen LogP contribution in [0.1, 0.15) is 19.8 Å². The molecule has 1 heterocycles. The Morgan fingerprint density at radius 2 is 1.84 bits per heavy atom. The average molecular weight is 265 g/mol. The summed E-state index contributed by atoms with van der Waals surface area (Å²) in [7, 11) is 3.48. The highest BCUT2D eigenvalue weighted by Crippen LogP contribution is 2.49. The number of azide groups is 1. The van der Waals surface area contributed by atoms with Gasteiger partial charge >= 0.3 is 6.03 Å². The Bertz CT molecular complexity index is 441. The van der Waals surface area contributed by atoms with Crippen LogP contribution in [-0.2, 0) is 4.79 Å². The number of nitrogens with zero attached hydrogens (tertiary/aromatic N) is 5. The monoisotopic (exact) mass is 265 g/mol. The second-order valence-electron chi connectivity index (χ2n) is 6.07. The highest BCUT2D eigenvalue weighted by Gasteiger charge is 2.50. The maximum Gasteiger partial charge on any atom is 0.319 e. The summed E-state index contributed by atoms with van der Waals surface area (Å²) in [6.07, 6.45) is 1.40. The molecule has 1 aliphatic heterocycles. The van der Waals surface area contributed by atoms with Gasteiger partial charge in [0.05, 0.1) is 0 Å². The number of amides is 3. The number of carbonyl (C=O) groups excluding carboxylic acids is 2. The van der Waals surface area contributed by atoms with Gasteiger partial charge in [0.2, 0.25) is 5.91 Å². The summed E-state index contributed by atoms with van der Waals surface area (Å²) in [4.78, 5) is 29.7. The van der Waals surface area contributed by atoms with Gasteiger partial charge in [-0.3, -0.25) is 4.79 Å². The van der Waals surface area contributed by atoms with Crippen molar-refractivity contribution in [2.45, 2.75) is 19.8 Å². The molecule has 0 aromatic heterocycles. The smallest absolute Gasteiger partial charge is 0.319 e. The van der Waals surface area contributed by atoms with E-state index in [2.05, 4.69) is 10.0 Å². The zero-order chi connectivity index (χ0) is 14.2. The van der Waals surface area contributed by atoms with Crippen LogP contribution < -0.4 is 0 Å². The second kappa shape index (κ2) is 4.74. The van der Waals surface area contributed by atoms with Gasteiger partial charge in [0.15, 0.2) is 0 Å². The van der Waals surface area contributed by atoms with Crippen LogP contribution in [0.5, 0.6) is 0 Å². The van der Waals surface area contributed by atoms with Gasteiger partial charge in [0, 0.05) is 37.5 Å². The number of fused-ring (bicyclic) bond motifs is 1. The minimum Gasteiger partial charge on any atom is -0.331 e. The standard InChI is InChI=1S/C12H19N5O2/c1-12(10(18)14-15-13)4-8-6-17(7-9(8)5-12)11(19)16(2)3/h8-9H,4-7H2,1-3H3. The molecule has 7 nitrogen and oxygen atoms in total. The van der Waals surface area contributed by atoms with Gasteiger partial charge in [-0.05, 0) is 35.3 Å². The maximum absolute atomic E-state index is 11.9. The summed E-state index contributed by atoms with van der Waals surface area (Å²) in [6, 6.07) is 0.0254. The zero-order valence-corrected chi connectivity index (χ0v) is 11.5. The van der Waals surface area contributed by atoms with E-state index in [1.54, 1.807) is 19.0 Å². The first kappa shape index (κ1) is 13.7. The summed E-state index contributed by atoms with van der Waals surface area (Å²) < 4.78 is 0. The van der Waals surface area contributed by atoms with E-state index in [4.69, 9.17) is 5.53 Å². The molecule has 0 N–H and O–H groups in total. The molecule has 1 saturated carbocycles. The molecule has 19 heavy (non-hydrogen) atoms. The number of urea groups is 1. The number of hydrogen-bond acceptors (Lipinski definition) is 2. The topological polar surface area (TPSA) is 89.4 Å². The lowest BCUT2D eigenvalue weighted by molar-refractivity contribution is -0.126. The molecule has 2 unspecified atom stereocenters. The normalized spacial score (nSPS) is 32.7. The predicted molar refractivity (Wildman–Crippen MR) is 69.1 cm³/mol. The van der Waals surface area contributed by atoms with Crippen LogP contribution in [0.15, 0.2) is 5.11 Å². The van der Waals surface area contributed by atoms with Crippen molar-refractivity contribution in [1.29, 1.82) is 0 Å². The number of hydrogen-bond donors (Lipinski definition) is 0. The van der Waals surface area contributed by atoms with Crippen molar-refractivity contribution in [2.75, 3.05) is 27.2 Å². The molecule has 2 aliphatic rings. The lowest BCUT2D eigenvalue weighted by Crippen LogP contribution is -2.39. The van der Waals surface area contributed by atoms with Crippen LogP contribution in [0, 0.1) is 17.3 Å². The lowest BCUT2D eigenvalue weighted by Gasteiger charge is -2.25. The van der Waals surface area contributed by atoms with E-state index in [-0.39, 0.29) is 11.9 Å². The predicted octanol–water partition coefficient (Wildman–Crippen LogP) is 1.85. The van der Waals surface area contributed by atoms with Crippen LogP contribution in [-0.4, -0.2) is 48.9 Å². The van der Waals surface area contributed by atoms with Crippen LogP contribution in [0.25, 0.3) is 10.4 Å². The van der Waals surface area contributed by atoms with Crippen molar-refractivity contribution in [1.82, 2.24) is 9.80 Å². The van der Waals surface area contributed by atoms with Crippen molar-refractivity contribution >= 4 is 11.9 Å². The minimum absolute atomic E-state index is 0.0254. The van der Waals surface area contributed by atoms with Crippen molar-refractivity contribution < 1.29 is 9.59 Å². The van der Waals surface area contributed by atoms with E-state index < -0.39 is 5.41 Å². The first-order valence-electron chi connectivity index (χ1n) is 6.43. The molecule has 2 atom stereocenters. The Labute approximate surface area is 112 Å². The van der Waals surface area contributed by atoms with Crippen LogP contribution in [0.2, 0.25) is 0 Å². The first-order valence-corrected chi connectivity index (χ1v) is 6.43. The number of likely N-dealkylation sites (tertiary alicyclic amines) is 1. The molecule has 0 radical (unpaired) electrons. The summed E-state index contributed by atoms with van der Waals surface area (Å²) in [5, 5.41) is 3.24. The fraction of sp³-hybridized carbons (Fsp3) is 0.833. The number of carbonyl (C=O) groups is 2. The van der Waals surface area contributed by atoms with Crippen molar-refractivity contribution in [2.24, 2.45) is 22.4 Å². The van der Waals surface area contributed by atoms with Crippen molar-refractivity contribution in [3.8, 4) is 0 Å². The lowest BCUT2D eigenvalue weighted by atomic mass is 9.86. The zero-order valence-electron chi connectivity index (χ0n) is 11.5. The highest BCUT2D eigenvalue weighted by atomic mass is 16.2. The summed E-state index contributed by atoms with van der Waals surface area (Å²) in [5.41, 5.74) is 7.82. The Balaban J connectivity index is 2.03. The Morgan fingerprint density at radius 3 is 2.26 bits per heavy atom. The van der Waals surface area contributed by atoms with Crippen LogP contribution in [0.4, 0.5) is 4.79 Å². The van der Waals surface area contributed by atoms with Crippen molar-refractivity contribution in [3.63, 3.8) is 0 Å². The molecular formula is C12H19N5O2. The third-order valence-corrected chi connectivity index (χ3v) is 4.31. The van der Waals surface area contributed by atoms with E-state index in [9.17, 15) is 9.59 Å².